The molecule has 0 fully saturated rings. The van der Waals surface area contributed by atoms with Gasteiger partial charge in [0.15, 0.2) is 0 Å². The molecule has 0 aliphatic rings. The second kappa shape index (κ2) is 12.2. The quantitative estimate of drug-likeness (QED) is 0.0867. The number of nitrogens with zero attached hydrogens (tertiary/aromatic N) is 1. The van der Waals surface area contributed by atoms with E-state index in [4.69, 9.17) is 27.9 Å². The van der Waals surface area contributed by atoms with Gasteiger partial charge in [-0.3, -0.25) is 9.59 Å². The summed E-state index contributed by atoms with van der Waals surface area (Å²) in [7, 11) is 0. The van der Waals surface area contributed by atoms with Gasteiger partial charge in [0.25, 0.3) is 11.8 Å². The molecule has 2 N–H and O–H groups in total. The van der Waals surface area contributed by atoms with E-state index in [0.29, 0.717) is 16.1 Å². The number of benzene rings is 4. The second-order valence-corrected chi connectivity index (χ2v) is 9.67. The number of ether oxygens (including phenoxy) is 1. The SMILES string of the molecule is O=C(CNC(=O)c1ccccc1I)NN=Cc1c(OC(=O)c2ccc(Cl)cc2Cl)ccc2ccccc12. The van der Waals surface area contributed by atoms with E-state index in [1.165, 1.54) is 18.3 Å². The fraction of sp³-hybridized carbons (Fsp3) is 0.0370. The molecule has 4 rings (SSSR count). The van der Waals surface area contributed by atoms with E-state index < -0.39 is 11.9 Å². The van der Waals surface area contributed by atoms with Crippen LogP contribution in [-0.4, -0.2) is 30.5 Å². The Morgan fingerprint density at radius 2 is 1.68 bits per heavy atom. The second-order valence-electron chi connectivity index (χ2n) is 7.67. The summed E-state index contributed by atoms with van der Waals surface area (Å²) in [6, 6.07) is 22.4. The van der Waals surface area contributed by atoms with Crippen LogP contribution >= 0.6 is 45.8 Å². The highest BCUT2D eigenvalue weighted by Gasteiger charge is 2.17. The third kappa shape index (κ3) is 6.65. The molecule has 0 saturated carbocycles. The lowest BCUT2D eigenvalue weighted by atomic mass is 10.0. The third-order valence-corrected chi connectivity index (χ3v) is 6.68. The van der Waals surface area contributed by atoms with Crippen LogP contribution in [0.15, 0.2) is 84.0 Å². The molecule has 0 saturated heterocycles. The highest BCUT2D eigenvalue weighted by Crippen LogP contribution is 2.29. The van der Waals surface area contributed by atoms with Crippen molar-refractivity contribution >= 4 is 80.6 Å². The molecular formula is C27H18Cl2IN3O4. The van der Waals surface area contributed by atoms with Gasteiger partial charge in [-0.15, -0.1) is 0 Å². The summed E-state index contributed by atoms with van der Waals surface area (Å²) in [6.45, 7) is -0.270. The average Bonchev–Trinajstić information content (AvgIpc) is 2.88. The molecule has 10 heteroatoms. The largest absolute Gasteiger partial charge is 0.422 e. The van der Waals surface area contributed by atoms with Gasteiger partial charge in [0.2, 0.25) is 0 Å². The summed E-state index contributed by atoms with van der Waals surface area (Å²) in [6.07, 6.45) is 1.38. The molecule has 0 aromatic heterocycles. The molecule has 0 aliphatic carbocycles. The predicted octanol–water partition coefficient (Wildman–Crippen LogP) is 5.85. The van der Waals surface area contributed by atoms with Gasteiger partial charge in [-0.05, 0) is 69.8 Å². The molecule has 4 aromatic carbocycles. The molecule has 0 spiro atoms. The van der Waals surface area contributed by atoms with Crippen LogP contribution in [0.25, 0.3) is 10.8 Å². The number of halogens is 3. The molecule has 0 atom stereocenters. The highest BCUT2D eigenvalue weighted by atomic mass is 127. The minimum Gasteiger partial charge on any atom is -0.422 e. The van der Waals surface area contributed by atoms with Gasteiger partial charge in [-0.1, -0.05) is 65.7 Å². The van der Waals surface area contributed by atoms with Crippen LogP contribution in [0.5, 0.6) is 5.75 Å². The lowest BCUT2D eigenvalue weighted by Crippen LogP contribution is -2.35. The molecule has 0 heterocycles. The first-order valence-corrected chi connectivity index (χ1v) is 12.7. The normalized spacial score (nSPS) is 10.9. The topological polar surface area (TPSA) is 96.9 Å². The van der Waals surface area contributed by atoms with Crippen molar-refractivity contribution in [2.24, 2.45) is 5.10 Å². The molecule has 0 aliphatic heterocycles. The van der Waals surface area contributed by atoms with Crippen LogP contribution in [0.3, 0.4) is 0 Å². The molecule has 37 heavy (non-hydrogen) atoms. The van der Waals surface area contributed by atoms with Crippen molar-refractivity contribution in [1.82, 2.24) is 10.7 Å². The maximum atomic E-state index is 12.8. The Bertz CT molecular complexity index is 1540. The van der Waals surface area contributed by atoms with Crippen molar-refractivity contribution in [3.8, 4) is 5.75 Å². The number of nitrogens with one attached hydrogen (secondary N) is 2. The van der Waals surface area contributed by atoms with Crippen molar-refractivity contribution in [1.29, 1.82) is 0 Å². The Labute approximate surface area is 235 Å². The summed E-state index contributed by atoms with van der Waals surface area (Å²) < 4.78 is 6.40. The molecule has 186 valence electrons. The van der Waals surface area contributed by atoms with Gasteiger partial charge in [0, 0.05) is 14.2 Å². The van der Waals surface area contributed by atoms with Gasteiger partial charge in [-0.2, -0.15) is 5.10 Å². The summed E-state index contributed by atoms with van der Waals surface area (Å²) in [5.41, 5.74) is 3.48. The number of hydrogen-bond donors (Lipinski definition) is 2. The molecule has 0 unspecified atom stereocenters. The number of fused-ring (bicyclic) bond motifs is 1. The summed E-state index contributed by atoms with van der Waals surface area (Å²) in [5.74, 6) is -1.34. The number of carbonyl (C=O) groups is 3. The van der Waals surface area contributed by atoms with Crippen LogP contribution in [0.1, 0.15) is 26.3 Å². The molecule has 0 radical (unpaired) electrons. The number of hydrogen-bond acceptors (Lipinski definition) is 5. The summed E-state index contributed by atoms with van der Waals surface area (Å²) in [4.78, 5) is 37.4. The number of esters is 1. The third-order valence-electron chi connectivity index (χ3n) is 5.20. The van der Waals surface area contributed by atoms with Gasteiger partial charge < -0.3 is 10.1 Å². The minimum absolute atomic E-state index is 0.152. The van der Waals surface area contributed by atoms with E-state index in [9.17, 15) is 14.4 Å². The van der Waals surface area contributed by atoms with E-state index in [0.717, 1.165) is 14.3 Å². The smallest absolute Gasteiger partial charge is 0.345 e. The average molecular weight is 646 g/mol. The van der Waals surface area contributed by atoms with Crippen LogP contribution in [0.4, 0.5) is 0 Å². The van der Waals surface area contributed by atoms with E-state index >= 15 is 0 Å². The standard InChI is InChI=1S/C27H18Cl2IN3O4/c28-17-10-11-19(22(29)13-17)27(36)37-24-12-9-16-5-1-2-6-18(16)21(24)14-32-33-25(34)15-31-26(35)20-7-3-4-8-23(20)30/h1-14H,15H2,(H,31,35)(H,33,34). The number of rotatable bonds is 7. The zero-order valence-corrected chi connectivity index (χ0v) is 22.7. The van der Waals surface area contributed by atoms with Crippen LogP contribution in [0.2, 0.25) is 10.0 Å². The maximum absolute atomic E-state index is 12.8. The summed E-state index contributed by atoms with van der Waals surface area (Å²) in [5, 5.41) is 8.76. The van der Waals surface area contributed by atoms with Crippen molar-refractivity contribution in [3.63, 3.8) is 0 Å². The van der Waals surface area contributed by atoms with Crippen molar-refractivity contribution in [2.75, 3.05) is 6.54 Å². The number of hydrazone groups is 1. The monoisotopic (exact) mass is 645 g/mol. The van der Waals surface area contributed by atoms with Gasteiger partial charge in [0.05, 0.1) is 28.9 Å². The molecule has 0 bridgehead atoms. The van der Waals surface area contributed by atoms with Crippen molar-refractivity contribution in [3.05, 3.63) is 109 Å². The van der Waals surface area contributed by atoms with Crippen LogP contribution in [0, 0.1) is 3.57 Å². The Balaban J connectivity index is 1.49. The van der Waals surface area contributed by atoms with Gasteiger partial charge >= 0.3 is 5.97 Å². The Hall–Kier alpha value is -3.47. The van der Waals surface area contributed by atoms with Crippen LogP contribution < -0.4 is 15.5 Å². The minimum atomic E-state index is -0.672. The Morgan fingerprint density at radius 3 is 2.46 bits per heavy atom. The lowest BCUT2D eigenvalue weighted by molar-refractivity contribution is -0.120. The zero-order chi connectivity index (χ0) is 26.4. The molecule has 7 nitrogen and oxygen atoms in total. The van der Waals surface area contributed by atoms with Crippen LogP contribution in [-0.2, 0) is 4.79 Å². The van der Waals surface area contributed by atoms with Gasteiger partial charge in [0.1, 0.15) is 5.75 Å². The fourth-order valence-corrected chi connectivity index (χ4v) is 4.54. The van der Waals surface area contributed by atoms with E-state index in [-0.39, 0.29) is 28.8 Å². The van der Waals surface area contributed by atoms with Crippen molar-refractivity contribution < 1.29 is 19.1 Å². The Kier molecular flexibility index (Phi) is 8.75. The molecule has 4 aromatic rings. The molecule has 2 amide bonds. The Morgan fingerprint density at radius 1 is 0.919 bits per heavy atom. The van der Waals surface area contributed by atoms with E-state index in [2.05, 4.69) is 38.4 Å². The molecular weight excluding hydrogens is 628 g/mol. The number of carbonyl (C=O) groups excluding carboxylic acids is 3. The van der Waals surface area contributed by atoms with Gasteiger partial charge in [-0.25, -0.2) is 10.2 Å². The lowest BCUT2D eigenvalue weighted by Gasteiger charge is -2.11. The van der Waals surface area contributed by atoms with E-state index in [1.807, 2.05) is 30.3 Å². The van der Waals surface area contributed by atoms with E-state index in [1.54, 1.807) is 36.4 Å². The first-order valence-electron chi connectivity index (χ1n) is 10.9. The van der Waals surface area contributed by atoms with Crippen molar-refractivity contribution in [2.45, 2.75) is 0 Å². The maximum Gasteiger partial charge on any atom is 0.345 e. The summed E-state index contributed by atoms with van der Waals surface area (Å²) >= 11 is 14.1. The predicted molar refractivity (Wildman–Crippen MR) is 153 cm³/mol. The number of amides is 2. The zero-order valence-electron chi connectivity index (χ0n) is 19.0. The first kappa shape index (κ1) is 26.6. The fourth-order valence-electron chi connectivity index (χ4n) is 3.42. The first-order chi connectivity index (χ1) is 17.8. The highest BCUT2D eigenvalue weighted by molar-refractivity contribution is 14.1.